The second-order valence-corrected chi connectivity index (χ2v) is 7.60. The summed E-state index contributed by atoms with van der Waals surface area (Å²) in [5.41, 5.74) is 0.973. The van der Waals surface area contributed by atoms with Crippen LogP contribution in [0.3, 0.4) is 0 Å². The van der Waals surface area contributed by atoms with Crippen LogP contribution in [0.5, 0.6) is 0 Å². The maximum atomic E-state index is 11.9. The summed E-state index contributed by atoms with van der Waals surface area (Å²) in [6.45, 7) is 1.01. The molecule has 3 rings (SSSR count). The van der Waals surface area contributed by atoms with E-state index in [1.165, 1.54) is 16.4 Å². The van der Waals surface area contributed by atoms with Gasteiger partial charge in [0.15, 0.2) is 0 Å². The first-order valence-electron chi connectivity index (χ1n) is 7.11. The second-order valence-electron chi connectivity index (χ2n) is 5.48. The maximum Gasteiger partial charge on any atom is 0.335 e. The highest BCUT2D eigenvalue weighted by Gasteiger charge is 2.31. The van der Waals surface area contributed by atoms with Crippen molar-refractivity contribution in [2.75, 3.05) is 28.0 Å². The second kappa shape index (κ2) is 5.45. The number of carboxylic acid groups (broad SMARTS) is 1. The van der Waals surface area contributed by atoms with E-state index in [1.54, 1.807) is 11.0 Å². The summed E-state index contributed by atoms with van der Waals surface area (Å²) in [7, 11) is -2.90. The van der Waals surface area contributed by atoms with Crippen LogP contribution in [-0.2, 0) is 4.79 Å². The van der Waals surface area contributed by atoms with Crippen molar-refractivity contribution >= 4 is 34.0 Å². The number of carbonyl (C=O) groups excluding carboxylic acids is 1. The Labute approximate surface area is 129 Å². The molecule has 2 fully saturated rings. The van der Waals surface area contributed by atoms with Gasteiger partial charge in [-0.3, -0.25) is 18.2 Å². The number of hydrogen-bond acceptors (Lipinski definition) is 5. The lowest BCUT2D eigenvalue weighted by molar-refractivity contribution is -0.117. The molecule has 0 atom stereocenters. The van der Waals surface area contributed by atoms with Crippen molar-refractivity contribution in [3.05, 3.63) is 23.8 Å². The van der Waals surface area contributed by atoms with Gasteiger partial charge in [0.1, 0.15) is 0 Å². The molecule has 1 amide bonds. The average Bonchev–Trinajstić information content (AvgIpc) is 3.03. The topological polar surface area (TPSA) is 101 Å². The summed E-state index contributed by atoms with van der Waals surface area (Å²) in [6.07, 6.45) is 1.83. The molecule has 0 aromatic heterocycles. The number of nitrogens with zero attached hydrogens (tertiary/aromatic N) is 2. The van der Waals surface area contributed by atoms with E-state index in [4.69, 9.17) is 0 Å². The van der Waals surface area contributed by atoms with Crippen LogP contribution in [0.15, 0.2) is 18.2 Å². The third-order valence-electron chi connectivity index (χ3n) is 3.95. The van der Waals surface area contributed by atoms with Gasteiger partial charge in [0.2, 0.25) is 5.91 Å². The number of hydrogen-bond donors (Lipinski definition) is 3. The molecule has 0 spiro atoms. The smallest absolute Gasteiger partial charge is 0.335 e. The fourth-order valence-electron chi connectivity index (χ4n) is 2.90. The Kier molecular flexibility index (Phi) is 3.75. The van der Waals surface area contributed by atoms with E-state index >= 15 is 0 Å². The Balaban J connectivity index is 2.04. The van der Waals surface area contributed by atoms with Crippen molar-refractivity contribution in [1.82, 2.24) is 0 Å². The van der Waals surface area contributed by atoms with Crippen molar-refractivity contribution < 1.29 is 23.8 Å². The number of rotatable bonds is 3. The summed E-state index contributed by atoms with van der Waals surface area (Å²) in [4.78, 5) is 24.8. The molecule has 22 heavy (non-hydrogen) atoms. The van der Waals surface area contributed by atoms with Crippen LogP contribution in [0.4, 0.5) is 11.4 Å². The van der Waals surface area contributed by atoms with Gasteiger partial charge in [-0.1, -0.05) is 0 Å². The van der Waals surface area contributed by atoms with E-state index in [0.717, 1.165) is 6.42 Å². The molecule has 2 saturated heterocycles. The standard InChI is InChI=1S/C14H18N2O5S/c17-13-3-1-4-15(13)11-7-10(14(18)19)8-12(9-11)16-5-2-6-22(16,20)21/h7-9,20-21H,1-6H2,(H,18,19). The van der Waals surface area contributed by atoms with Gasteiger partial charge in [-0.25, -0.2) is 4.79 Å². The van der Waals surface area contributed by atoms with Gasteiger partial charge in [0.25, 0.3) is 0 Å². The molecule has 0 bridgehead atoms. The molecule has 120 valence electrons. The first kappa shape index (κ1) is 15.1. The first-order valence-corrected chi connectivity index (χ1v) is 8.78. The molecule has 1 aromatic rings. The number of carboxylic acids is 1. The molecule has 7 nitrogen and oxygen atoms in total. The van der Waals surface area contributed by atoms with Crippen LogP contribution in [-0.4, -0.2) is 44.9 Å². The van der Waals surface area contributed by atoms with Crippen molar-refractivity contribution in [3.63, 3.8) is 0 Å². The zero-order chi connectivity index (χ0) is 15.9. The molecule has 0 unspecified atom stereocenters. The first-order chi connectivity index (χ1) is 10.4. The molecule has 0 aliphatic carbocycles. The molecular weight excluding hydrogens is 308 g/mol. The van der Waals surface area contributed by atoms with Crippen molar-refractivity contribution in [3.8, 4) is 0 Å². The quantitative estimate of drug-likeness (QED) is 0.788. The van der Waals surface area contributed by atoms with Gasteiger partial charge in [0.05, 0.1) is 17.0 Å². The van der Waals surface area contributed by atoms with Crippen LogP contribution < -0.4 is 9.21 Å². The average molecular weight is 326 g/mol. The molecule has 2 heterocycles. The monoisotopic (exact) mass is 326 g/mol. The summed E-state index contributed by atoms with van der Waals surface area (Å²) >= 11 is 0. The zero-order valence-electron chi connectivity index (χ0n) is 11.9. The zero-order valence-corrected chi connectivity index (χ0v) is 12.8. The molecule has 2 aliphatic heterocycles. The van der Waals surface area contributed by atoms with E-state index in [2.05, 4.69) is 0 Å². The lowest BCUT2D eigenvalue weighted by Gasteiger charge is -2.38. The van der Waals surface area contributed by atoms with Gasteiger partial charge in [-0.2, -0.15) is 0 Å². The van der Waals surface area contributed by atoms with Gasteiger partial charge in [0, 0.05) is 25.2 Å². The minimum absolute atomic E-state index is 0.0364. The van der Waals surface area contributed by atoms with Crippen molar-refractivity contribution in [2.24, 2.45) is 0 Å². The predicted octanol–water partition coefficient (Wildman–Crippen LogP) is 2.39. The summed E-state index contributed by atoms with van der Waals surface area (Å²) in [6, 6.07) is 4.54. The number of benzene rings is 1. The molecular formula is C14H18N2O5S. The molecule has 3 N–H and O–H groups in total. The Hall–Kier alpha value is -1.77. The van der Waals surface area contributed by atoms with Crippen LogP contribution >= 0.6 is 10.8 Å². The fourth-order valence-corrected chi connectivity index (χ4v) is 4.50. The Bertz CT molecular complexity index is 634. The third-order valence-corrected chi connectivity index (χ3v) is 5.89. The van der Waals surface area contributed by atoms with Gasteiger partial charge < -0.3 is 10.0 Å². The normalized spacial score (nSPS) is 22.2. The van der Waals surface area contributed by atoms with E-state index < -0.39 is 16.7 Å². The van der Waals surface area contributed by atoms with E-state index in [9.17, 15) is 23.8 Å². The molecule has 2 aliphatic rings. The predicted molar refractivity (Wildman–Crippen MR) is 84.7 cm³/mol. The minimum atomic E-state index is -2.90. The maximum absolute atomic E-state index is 11.9. The highest BCUT2D eigenvalue weighted by Crippen LogP contribution is 2.51. The number of amides is 1. The third kappa shape index (κ3) is 2.65. The Morgan fingerprint density at radius 3 is 2.36 bits per heavy atom. The van der Waals surface area contributed by atoms with Crippen LogP contribution in [0.1, 0.15) is 29.6 Å². The minimum Gasteiger partial charge on any atom is -0.478 e. The summed E-state index contributed by atoms with van der Waals surface area (Å²) in [5, 5.41) is 9.28. The largest absolute Gasteiger partial charge is 0.478 e. The van der Waals surface area contributed by atoms with Crippen LogP contribution in [0, 0.1) is 0 Å². The van der Waals surface area contributed by atoms with Crippen molar-refractivity contribution in [2.45, 2.75) is 19.3 Å². The van der Waals surface area contributed by atoms with E-state index in [-0.39, 0.29) is 17.2 Å². The fraction of sp³-hybridized carbons (Fsp3) is 0.429. The van der Waals surface area contributed by atoms with E-state index in [1.807, 2.05) is 0 Å². The summed E-state index contributed by atoms with van der Waals surface area (Å²) in [5.74, 6) is -0.866. The van der Waals surface area contributed by atoms with Gasteiger partial charge in [-0.15, -0.1) is 10.8 Å². The molecule has 8 heteroatoms. The summed E-state index contributed by atoms with van der Waals surface area (Å²) < 4.78 is 21.6. The van der Waals surface area contributed by atoms with Crippen LogP contribution in [0.2, 0.25) is 0 Å². The number of carbonyl (C=O) groups is 2. The highest BCUT2D eigenvalue weighted by molar-refractivity contribution is 8.25. The number of aromatic carboxylic acids is 1. The lowest BCUT2D eigenvalue weighted by atomic mass is 10.1. The van der Waals surface area contributed by atoms with Gasteiger partial charge in [-0.05, 0) is 31.0 Å². The highest BCUT2D eigenvalue weighted by atomic mass is 32.3. The van der Waals surface area contributed by atoms with Crippen LogP contribution in [0.25, 0.3) is 0 Å². The molecule has 0 radical (unpaired) electrons. The lowest BCUT2D eigenvalue weighted by Crippen LogP contribution is -2.26. The Morgan fingerprint density at radius 1 is 1.09 bits per heavy atom. The Morgan fingerprint density at radius 2 is 1.82 bits per heavy atom. The van der Waals surface area contributed by atoms with Gasteiger partial charge >= 0.3 is 5.97 Å². The number of anilines is 2. The molecule has 0 saturated carbocycles. The SMILES string of the molecule is O=C(O)c1cc(N2CCCC2=O)cc(N2CCCS2(O)O)c1. The van der Waals surface area contributed by atoms with Crippen molar-refractivity contribution in [1.29, 1.82) is 0 Å². The molecule has 1 aromatic carbocycles. The van der Waals surface area contributed by atoms with E-state index in [0.29, 0.717) is 37.3 Å².